The highest BCUT2D eigenvalue weighted by atomic mass is 16.1. The van der Waals surface area contributed by atoms with Crippen LogP contribution in [0.25, 0.3) is 0 Å². The summed E-state index contributed by atoms with van der Waals surface area (Å²) in [6.45, 7) is 3.35. The molecule has 0 atom stereocenters. The Hall–Kier alpha value is -1.93. The number of rotatable bonds is 6. The molecule has 104 valence electrons. The molecular weight excluding hydrogens is 246 g/mol. The number of aryl methyl sites for hydroxylation is 1. The summed E-state index contributed by atoms with van der Waals surface area (Å²) in [4.78, 5) is 14.3. The number of hydrogen-bond donors (Lipinski definition) is 0. The van der Waals surface area contributed by atoms with Crippen LogP contribution in [0.15, 0.2) is 54.6 Å². The zero-order chi connectivity index (χ0) is 14.4. The topological polar surface area (TPSA) is 20.3 Å². The maximum Gasteiger partial charge on any atom is 0.176 e. The number of nitrogens with zero attached hydrogens (tertiary/aromatic N) is 1. The van der Waals surface area contributed by atoms with Gasteiger partial charge in [-0.2, -0.15) is 0 Å². The fraction of sp³-hybridized carbons (Fsp3) is 0.278. The van der Waals surface area contributed by atoms with Crippen LogP contribution in [0.3, 0.4) is 0 Å². The Morgan fingerprint density at radius 2 is 1.60 bits per heavy atom. The monoisotopic (exact) mass is 267 g/mol. The van der Waals surface area contributed by atoms with Gasteiger partial charge in [0, 0.05) is 12.1 Å². The zero-order valence-corrected chi connectivity index (χ0v) is 12.2. The van der Waals surface area contributed by atoms with Gasteiger partial charge >= 0.3 is 0 Å². The molecule has 2 aromatic rings. The van der Waals surface area contributed by atoms with Crippen molar-refractivity contribution in [1.29, 1.82) is 0 Å². The van der Waals surface area contributed by atoms with Crippen molar-refractivity contribution >= 4 is 5.78 Å². The minimum absolute atomic E-state index is 0.172. The molecule has 2 aromatic carbocycles. The third-order valence-electron chi connectivity index (χ3n) is 3.39. The molecule has 0 radical (unpaired) electrons. The Morgan fingerprint density at radius 3 is 2.20 bits per heavy atom. The minimum Gasteiger partial charge on any atom is -0.295 e. The third-order valence-corrected chi connectivity index (χ3v) is 3.39. The van der Waals surface area contributed by atoms with Crippen LogP contribution in [0.2, 0.25) is 0 Å². The van der Waals surface area contributed by atoms with Crippen molar-refractivity contribution in [3.05, 3.63) is 71.3 Å². The van der Waals surface area contributed by atoms with Gasteiger partial charge in [-0.3, -0.25) is 9.69 Å². The smallest absolute Gasteiger partial charge is 0.176 e. The Kier molecular flexibility index (Phi) is 5.08. The fourth-order valence-corrected chi connectivity index (χ4v) is 2.21. The Bertz CT molecular complexity index is 545. The average Bonchev–Trinajstić information content (AvgIpc) is 2.48. The lowest BCUT2D eigenvalue weighted by atomic mass is 10.1. The van der Waals surface area contributed by atoms with Crippen LogP contribution < -0.4 is 0 Å². The maximum atomic E-state index is 12.2. The van der Waals surface area contributed by atoms with Crippen molar-refractivity contribution in [2.45, 2.75) is 19.9 Å². The predicted molar refractivity (Wildman–Crippen MR) is 82.9 cm³/mol. The van der Waals surface area contributed by atoms with Crippen molar-refractivity contribution in [2.75, 3.05) is 13.6 Å². The number of benzene rings is 2. The molecule has 0 saturated carbocycles. The van der Waals surface area contributed by atoms with Crippen LogP contribution in [0.1, 0.15) is 28.4 Å². The number of carbonyl (C=O) groups is 1. The molecule has 0 unspecified atom stereocenters. The SMILES string of the molecule is CCc1ccc(C(=O)CN(C)Cc2ccccc2)cc1. The standard InChI is InChI=1S/C18H21NO/c1-3-15-9-11-17(12-10-15)18(20)14-19(2)13-16-7-5-4-6-8-16/h4-12H,3,13-14H2,1-2H3. The Labute approximate surface area is 121 Å². The number of ketones is 1. The summed E-state index contributed by atoms with van der Waals surface area (Å²) in [5.74, 6) is 0.172. The second-order valence-corrected chi connectivity index (χ2v) is 5.13. The van der Waals surface area contributed by atoms with Gasteiger partial charge in [0.05, 0.1) is 6.54 Å². The van der Waals surface area contributed by atoms with Crippen LogP contribution >= 0.6 is 0 Å². The summed E-state index contributed by atoms with van der Waals surface area (Å²) in [6, 6.07) is 18.1. The molecule has 0 aliphatic heterocycles. The summed E-state index contributed by atoms with van der Waals surface area (Å²) < 4.78 is 0. The second-order valence-electron chi connectivity index (χ2n) is 5.13. The fourth-order valence-electron chi connectivity index (χ4n) is 2.21. The molecule has 0 saturated heterocycles. The molecule has 2 heteroatoms. The second kappa shape index (κ2) is 7.01. The molecule has 2 nitrogen and oxygen atoms in total. The van der Waals surface area contributed by atoms with Crippen molar-refractivity contribution in [2.24, 2.45) is 0 Å². The summed E-state index contributed by atoms with van der Waals surface area (Å²) in [5.41, 5.74) is 3.28. The molecule has 0 fully saturated rings. The van der Waals surface area contributed by atoms with Gasteiger partial charge in [-0.15, -0.1) is 0 Å². The van der Waals surface area contributed by atoms with Crippen LogP contribution in [0, 0.1) is 0 Å². The summed E-state index contributed by atoms with van der Waals surface area (Å²) in [6.07, 6.45) is 1.00. The quantitative estimate of drug-likeness (QED) is 0.746. The molecule has 0 aromatic heterocycles. The van der Waals surface area contributed by atoms with E-state index in [1.807, 2.05) is 54.4 Å². The normalized spacial score (nSPS) is 10.8. The zero-order valence-electron chi connectivity index (χ0n) is 12.2. The van der Waals surface area contributed by atoms with E-state index in [4.69, 9.17) is 0 Å². The molecule has 0 bridgehead atoms. The minimum atomic E-state index is 0.172. The van der Waals surface area contributed by atoms with E-state index in [2.05, 4.69) is 19.1 Å². The molecule has 0 aliphatic rings. The molecule has 20 heavy (non-hydrogen) atoms. The first-order valence-electron chi connectivity index (χ1n) is 7.03. The van der Waals surface area contributed by atoms with Crippen molar-refractivity contribution in [1.82, 2.24) is 4.90 Å². The van der Waals surface area contributed by atoms with Gasteiger partial charge in [0.15, 0.2) is 5.78 Å². The van der Waals surface area contributed by atoms with E-state index >= 15 is 0 Å². The Balaban J connectivity index is 1.93. The van der Waals surface area contributed by atoms with E-state index in [1.165, 1.54) is 11.1 Å². The maximum absolute atomic E-state index is 12.2. The third kappa shape index (κ3) is 4.04. The lowest BCUT2D eigenvalue weighted by Gasteiger charge is -2.15. The molecule has 0 aliphatic carbocycles. The highest BCUT2D eigenvalue weighted by Gasteiger charge is 2.09. The summed E-state index contributed by atoms with van der Waals surface area (Å²) >= 11 is 0. The van der Waals surface area contributed by atoms with E-state index in [-0.39, 0.29) is 5.78 Å². The van der Waals surface area contributed by atoms with Gasteiger partial charge in [0.2, 0.25) is 0 Å². The molecule has 0 N–H and O–H groups in total. The highest BCUT2D eigenvalue weighted by Crippen LogP contribution is 2.08. The van der Waals surface area contributed by atoms with Crippen molar-refractivity contribution in [3.8, 4) is 0 Å². The Morgan fingerprint density at radius 1 is 0.950 bits per heavy atom. The number of Topliss-reactive ketones (excluding diaryl/α,β-unsaturated/α-hetero) is 1. The lowest BCUT2D eigenvalue weighted by molar-refractivity contribution is 0.0943. The van der Waals surface area contributed by atoms with E-state index in [0.29, 0.717) is 6.54 Å². The van der Waals surface area contributed by atoms with E-state index in [9.17, 15) is 4.79 Å². The van der Waals surface area contributed by atoms with Crippen LogP contribution in [0.4, 0.5) is 0 Å². The first kappa shape index (κ1) is 14.5. The van der Waals surface area contributed by atoms with Gasteiger partial charge in [-0.05, 0) is 24.6 Å². The largest absolute Gasteiger partial charge is 0.295 e. The first-order chi connectivity index (χ1) is 9.69. The molecule has 0 amide bonds. The number of carbonyl (C=O) groups excluding carboxylic acids is 1. The highest BCUT2D eigenvalue weighted by molar-refractivity contribution is 5.97. The van der Waals surface area contributed by atoms with Gasteiger partial charge in [0.1, 0.15) is 0 Å². The van der Waals surface area contributed by atoms with E-state index < -0.39 is 0 Å². The van der Waals surface area contributed by atoms with E-state index in [0.717, 1.165) is 18.5 Å². The van der Waals surface area contributed by atoms with Gasteiger partial charge in [-0.25, -0.2) is 0 Å². The first-order valence-corrected chi connectivity index (χ1v) is 7.03. The van der Waals surface area contributed by atoms with Gasteiger partial charge in [0.25, 0.3) is 0 Å². The predicted octanol–water partition coefficient (Wildman–Crippen LogP) is 3.56. The van der Waals surface area contributed by atoms with Crippen LogP contribution in [-0.2, 0) is 13.0 Å². The molecule has 0 heterocycles. The lowest BCUT2D eigenvalue weighted by Crippen LogP contribution is -2.25. The molecule has 0 spiro atoms. The molecule has 2 rings (SSSR count). The summed E-state index contributed by atoms with van der Waals surface area (Å²) in [5, 5.41) is 0. The average molecular weight is 267 g/mol. The van der Waals surface area contributed by atoms with Crippen molar-refractivity contribution in [3.63, 3.8) is 0 Å². The number of likely N-dealkylation sites (N-methyl/N-ethyl adjacent to an activating group) is 1. The van der Waals surface area contributed by atoms with Gasteiger partial charge in [-0.1, -0.05) is 61.5 Å². The van der Waals surface area contributed by atoms with Crippen LogP contribution in [-0.4, -0.2) is 24.3 Å². The number of hydrogen-bond acceptors (Lipinski definition) is 2. The molecular formula is C18H21NO. The summed E-state index contributed by atoms with van der Waals surface area (Å²) in [7, 11) is 1.98. The van der Waals surface area contributed by atoms with Crippen molar-refractivity contribution < 1.29 is 4.79 Å². The van der Waals surface area contributed by atoms with E-state index in [1.54, 1.807) is 0 Å². The van der Waals surface area contributed by atoms with Gasteiger partial charge < -0.3 is 0 Å². The van der Waals surface area contributed by atoms with Crippen LogP contribution in [0.5, 0.6) is 0 Å².